The first-order chi connectivity index (χ1) is 10.1. The molecule has 0 unspecified atom stereocenters. The Labute approximate surface area is 130 Å². The van der Waals surface area contributed by atoms with Crippen molar-refractivity contribution in [2.75, 3.05) is 13.1 Å². The quantitative estimate of drug-likeness (QED) is 0.922. The zero-order valence-corrected chi connectivity index (χ0v) is 12.5. The summed E-state index contributed by atoms with van der Waals surface area (Å²) in [6.45, 7) is 0.491. The second kappa shape index (κ2) is 5.96. The van der Waals surface area contributed by atoms with Gasteiger partial charge in [-0.25, -0.2) is 0 Å². The lowest BCUT2D eigenvalue weighted by atomic mass is 10.0. The number of amides is 1. The molecule has 8 heteroatoms. The van der Waals surface area contributed by atoms with E-state index in [-0.39, 0.29) is 6.54 Å². The van der Waals surface area contributed by atoms with E-state index in [0.717, 1.165) is 4.90 Å². The van der Waals surface area contributed by atoms with Crippen LogP contribution in [0.3, 0.4) is 0 Å². The summed E-state index contributed by atoms with van der Waals surface area (Å²) < 4.78 is 43.6. The maximum absolute atomic E-state index is 12.7. The lowest BCUT2D eigenvalue weighted by molar-refractivity contribution is -0.253. The van der Waals surface area contributed by atoms with Gasteiger partial charge in [0.05, 0.1) is 6.54 Å². The first kappa shape index (κ1) is 16.9. The van der Waals surface area contributed by atoms with Crippen LogP contribution >= 0.6 is 11.6 Å². The van der Waals surface area contributed by atoms with Gasteiger partial charge in [0.25, 0.3) is 5.91 Å². The highest BCUT2D eigenvalue weighted by Gasteiger charge is 2.58. The van der Waals surface area contributed by atoms with Crippen molar-refractivity contribution in [3.05, 3.63) is 29.3 Å². The minimum Gasteiger partial charge on any atom is -0.481 e. The van der Waals surface area contributed by atoms with Crippen LogP contribution in [0.2, 0.25) is 5.02 Å². The Hall–Kier alpha value is -1.47. The van der Waals surface area contributed by atoms with E-state index >= 15 is 0 Å². The molecule has 1 aromatic rings. The van der Waals surface area contributed by atoms with E-state index < -0.39 is 36.8 Å². The standard InChI is InChI=1S/C14H15ClF3NO3/c1-9(22-11-4-2-3-10(15)7-11)12(20)19-6-5-13(21,8-19)14(16,17)18/h2-4,7,9,21H,5-6,8H2,1H3/t9-,13-/m0/s1. The fraction of sp³-hybridized carbons (Fsp3) is 0.500. The Balaban J connectivity index is 2.00. The van der Waals surface area contributed by atoms with E-state index in [9.17, 15) is 23.1 Å². The molecule has 0 aliphatic carbocycles. The molecule has 0 saturated carbocycles. The van der Waals surface area contributed by atoms with Gasteiger partial charge in [0, 0.05) is 18.0 Å². The van der Waals surface area contributed by atoms with E-state index in [1.54, 1.807) is 18.2 Å². The molecule has 22 heavy (non-hydrogen) atoms. The summed E-state index contributed by atoms with van der Waals surface area (Å²) in [7, 11) is 0. The molecule has 2 rings (SSSR count). The van der Waals surface area contributed by atoms with E-state index in [0.29, 0.717) is 10.8 Å². The topological polar surface area (TPSA) is 49.8 Å². The number of ether oxygens (including phenoxy) is 1. The molecule has 1 heterocycles. The summed E-state index contributed by atoms with van der Waals surface area (Å²) in [5.74, 6) is -0.265. The number of halogens is 4. The molecule has 0 spiro atoms. The summed E-state index contributed by atoms with van der Waals surface area (Å²) in [5.41, 5.74) is -2.85. The van der Waals surface area contributed by atoms with Crippen LogP contribution < -0.4 is 4.74 Å². The predicted octanol–water partition coefficient (Wildman–Crippen LogP) is 2.63. The van der Waals surface area contributed by atoms with Gasteiger partial charge in [-0.15, -0.1) is 0 Å². The predicted molar refractivity (Wildman–Crippen MR) is 73.7 cm³/mol. The van der Waals surface area contributed by atoms with Crippen LogP contribution in [0.1, 0.15) is 13.3 Å². The van der Waals surface area contributed by atoms with Crippen molar-refractivity contribution < 1.29 is 27.8 Å². The van der Waals surface area contributed by atoms with E-state index in [1.165, 1.54) is 13.0 Å². The van der Waals surface area contributed by atoms with E-state index in [2.05, 4.69) is 0 Å². The van der Waals surface area contributed by atoms with Gasteiger partial charge in [0.15, 0.2) is 11.7 Å². The number of nitrogens with zero attached hydrogens (tertiary/aromatic N) is 1. The molecule has 1 saturated heterocycles. The summed E-state index contributed by atoms with van der Waals surface area (Å²) in [5, 5.41) is 10.00. The Bertz CT molecular complexity index is 567. The zero-order valence-electron chi connectivity index (χ0n) is 11.7. The molecule has 1 N–H and O–H groups in total. The third kappa shape index (κ3) is 3.47. The summed E-state index contributed by atoms with van der Waals surface area (Å²) in [6.07, 6.45) is -6.28. The molecule has 2 atom stereocenters. The van der Waals surface area contributed by atoms with Gasteiger partial charge >= 0.3 is 6.18 Å². The highest BCUT2D eigenvalue weighted by Crippen LogP contribution is 2.37. The van der Waals surface area contributed by atoms with Crippen LogP contribution in [-0.2, 0) is 4.79 Å². The minimum atomic E-state index is -4.76. The van der Waals surface area contributed by atoms with Crippen LogP contribution in [0, 0.1) is 0 Å². The Morgan fingerprint density at radius 1 is 1.50 bits per heavy atom. The van der Waals surface area contributed by atoms with Crippen molar-refractivity contribution in [2.45, 2.75) is 31.2 Å². The molecule has 0 radical (unpaired) electrons. The third-order valence-electron chi connectivity index (χ3n) is 3.54. The maximum atomic E-state index is 12.7. The van der Waals surface area contributed by atoms with Crippen LogP contribution in [0.5, 0.6) is 5.75 Å². The highest BCUT2D eigenvalue weighted by atomic mass is 35.5. The number of benzene rings is 1. The van der Waals surface area contributed by atoms with Crippen molar-refractivity contribution in [3.8, 4) is 5.75 Å². The zero-order chi connectivity index (χ0) is 16.5. The molecule has 1 fully saturated rings. The first-order valence-corrected chi connectivity index (χ1v) is 7.00. The number of carbonyl (C=O) groups excluding carboxylic acids is 1. The molecule has 122 valence electrons. The fourth-order valence-corrected chi connectivity index (χ4v) is 2.45. The maximum Gasteiger partial charge on any atom is 0.419 e. The monoisotopic (exact) mass is 337 g/mol. The summed E-state index contributed by atoms with van der Waals surface area (Å²) in [6, 6.07) is 6.35. The molecule has 0 aromatic heterocycles. The smallest absolute Gasteiger partial charge is 0.419 e. The lowest BCUT2D eigenvalue weighted by Crippen LogP contribution is -2.49. The number of alkyl halides is 3. The van der Waals surface area contributed by atoms with Crippen molar-refractivity contribution >= 4 is 17.5 Å². The number of aliphatic hydroxyl groups is 1. The van der Waals surface area contributed by atoms with E-state index in [1.807, 2.05) is 0 Å². The largest absolute Gasteiger partial charge is 0.481 e. The van der Waals surface area contributed by atoms with Crippen LogP contribution in [0.25, 0.3) is 0 Å². The number of likely N-dealkylation sites (tertiary alicyclic amines) is 1. The summed E-state index contributed by atoms with van der Waals surface area (Å²) >= 11 is 5.79. The average Bonchev–Trinajstić information content (AvgIpc) is 2.81. The van der Waals surface area contributed by atoms with Crippen molar-refractivity contribution in [3.63, 3.8) is 0 Å². The normalized spacial score (nSPS) is 23.5. The summed E-state index contributed by atoms with van der Waals surface area (Å²) in [4.78, 5) is 13.1. The van der Waals surface area contributed by atoms with Crippen molar-refractivity contribution in [2.24, 2.45) is 0 Å². The molecule has 1 aliphatic rings. The van der Waals surface area contributed by atoms with Crippen molar-refractivity contribution in [1.82, 2.24) is 4.90 Å². The second-order valence-electron chi connectivity index (χ2n) is 5.26. The number of carbonyl (C=O) groups is 1. The highest BCUT2D eigenvalue weighted by molar-refractivity contribution is 6.30. The van der Waals surface area contributed by atoms with Gasteiger partial charge in [-0.1, -0.05) is 17.7 Å². The van der Waals surface area contributed by atoms with Crippen molar-refractivity contribution in [1.29, 1.82) is 0 Å². The number of hydrogen-bond acceptors (Lipinski definition) is 3. The number of β-amino-alcohol motifs (C(OH)–C–C–N with tert-alkyl or cyclic N) is 1. The van der Waals surface area contributed by atoms with Gasteiger partial charge in [-0.3, -0.25) is 4.79 Å². The third-order valence-corrected chi connectivity index (χ3v) is 3.78. The van der Waals surface area contributed by atoms with Gasteiger partial charge in [0.1, 0.15) is 5.75 Å². The fourth-order valence-electron chi connectivity index (χ4n) is 2.27. The first-order valence-electron chi connectivity index (χ1n) is 6.62. The van der Waals surface area contributed by atoms with Gasteiger partial charge in [-0.05, 0) is 25.1 Å². The van der Waals surface area contributed by atoms with Gasteiger partial charge < -0.3 is 14.7 Å². The minimum absolute atomic E-state index is 0.169. The lowest BCUT2D eigenvalue weighted by Gasteiger charge is -2.27. The molecule has 4 nitrogen and oxygen atoms in total. The molecule has 0 bridgehead atoms. The van der Waals surface area contributed by atoms with Gasteiger partial charge in [0.2, 0.25) is 0 Å². The van der Waals surface area contributed by atoms with Crippen LogP contribution in [0.15, 0.2) is 24.3 Å². The number of hydrogen-bond donors (Lipinski definition) is 1. The van der Waals surface area contributed by atoms with Gasteiger partial charge in [-0.2, -0.15) is 13.2 Å². The second-order valence-corrected chi connectivity index (χ2v) is 5.69. The molecule has 1 aliphatic heterocycles. The molecule has 1 aromatic carbocycles. The number of rotatable bonds is 3. The van der Waals surface area contributed by atoms with E-state index in [4.69, 9.17) is 16.3 Å². The molecule has 1 amide bonds. The average molecular weight is 338 g/mol. The Kier molecular flexibility index (Phi) is 4.58. The Morgan fingerprint density at radius 2 is 2.18 bits per heavy atom. The van der Waals surface area contributed by atoms with Crippen LogP contribution in [0.4, 0.5) is 13.2 Å². The SMILES string of the molecule is C[C@H](Oc1cccc(Cl)c1)C(=O)N1CC[C@@](O)(C(F)(F)F)C1. The van der Waals surface area contributed by atoms with Crippen LogP contribution in [-0.4, -0.2) is 46.9 Å². The molecular weight excluding hydrogens is 323 g/mol. The molecular formula is C14H15ClF3NO3. The Morgan fingerprint density at radius 3 is 2.73 bits per heavy atom.